The van der Waals surface area contributed by atoms with Gasteiger partial charge >= 0.3 is 5.69 Å². The van der Waals surface area contributed by atoms with E-state index in [1.807, 2.05) is 24.8 Å². The second kappa shape index (κ2) is 9.11. The van der Waals surface area contributed by atoms with E-state index in [-0.39, 0.29) is 41.5 Å². The minimum Gasteiger partial charge on any atom is -0.473 e. The number of aryl methyl sites for hydroxylation is 1. The molecule has 1 fully saturated rings. The molecular formula is C24H27FN4O3. The lowest BCUT2D eigenvalue weighted by atomic mass is 9.82. The van der Waals surface area contributed by atoms with Gasteiger partial charge in [-0.15, -0.1) is 0 Å². The van der Waals surface area contributed by atoms with E-state index in [1.54, 1.807) is 16.7 Å². The zero-order valence-electron chi connectivity index (χ0n) is 18.4. The van der Waals surface area contributed by atoms with Crippen molar-refractivity contribution < 1.29 is 13.9 Å². The minimum atomic E-state index is -0.576. The maximum atomic E-state index is 13.5. The van der Waals surface area contributed by atoms with Crippen molar-refractivity contribution in [3.8, 4) is 11.9 Å². The molecule has 2 unspecified atom stereocenters. The Kier molecular flexibility index (Phi) is 6.26. The summed E-state index contributed by atoms with van der Waals surface area (Å²) in [5.41, 5.74) is 1.10. The molecule has 0 radical (unpaired) electrons. The summed E-state index contributed by atoms with van der Waals surface area (Å²) in [6.45, 7) is 5.93. The van der Waals surface area contributed by atoms with Crippen LogP contribution in [0.5, 0.6) is 5.88 Å². The normalized spacial score (nSPS) is 20.2. The molecule has 0 aliphatic carbocycles. The summed E-state index contributed by atoms with van der Waals surface area (Å²) in [4.78, 5) is 31.3. The van der Waals surface area contributed by atoms with Crippen molar-refractivity contribution >= 4 is 5.91 Å². The first-order valence-corrected chi connectivity index (χ1v) is 11.1. The number of amides is 1. The highest BCUT2D eigenvalue weighted by Gasteiger charge is 2.34. The Hall–Kier alpha value is -3.21. The Morgan fingerprint density at radius 2 is 2.09 bits per heavy atom. The Labute approximate surface area is 186 Å². The zero-order valence-corrected chi connectivity index (χ0v) is 18.4. The number of likely N-dealkylation sites (tertiary alicyclic amines) is 1. The fraction of sp³-hybridized carbons (Fsp3) is 0.500. The van der Waals surface area contributed by atoms with Crippen LogP contribution >= 0.6 is 0 Å². The van der Waals surface area contributed by atoms with Crippen LogP contribution < -0.4 is 10.4 Å². The van der Waals surface area contributed by atoms with Gasteiger partial charge < -0.3 is 9.64 Å². The minimum absolute atomic E-state index is 0.0287. The summed E-state index contributed by atoms with van der Waals surface area (Å²) < 4.78 is 20.9. The molecule has 2 atom stereocenters. The molecule has 4 rings (SSSR count). The number of carbonyl (C=O) groups excluding carboxylic acids is 1. The van der Waals surface area contributed by atoms with E-state index in [9.17, 15) is 14.0 Å². The first-order chi connectivity index (χ1) is 15.4. The van der Waals surface area contributed by atoms with Crippen LogP contribution in [0, 0.1) is 34.9 Å². The lowest BCUT2D eigenvalue weighted by Crippen LogP contribution is -2.46. The molecule has 2 aliphatic heterocycles. The molecule has 3 heterocycles. The van der Waals surface area contributed by atoms with Crippen molar-refractivity contribution in [3.63, 3.8) is 0 Å². The first-order valence-electron chi connectivity index (χ1n) is 11.1. The number of carbonyl (C=O) groups is 1. The molecule has 8 heteroatoms. The lowest BCUT2D eigenvalue weighted by molar-refractivity contribution is -0.137. The van der Waals surface area contributed by atoms with Crippen LogP contribution in [-0.4, -0.2) is 33.4 Å². The largest absolute Gasteiger partial charge is 0.473 e. The van der Waals surface area contributed by atoms with Crippen LogP contribution in [0.2, 0.25) is 0 Å². The van der Waals surface area contributed by atoms with Gasteiger partial charge in [0.1, 0.15) is 18.5 Å². The van der Waals surface area contributed by atoms with Gasteiger partial charge in [-0.3, -0.25) is 9.36 Å². The SMILES string of the molecule is CC(C)C(=O)N1CCC2CCc3cc(OCc4ccc(F)c(C#N)c4)nc(=O)n3CC2C1. The number of hydrogen-bond acceptors (Lipinski definition) is 5. The summed E-state index contributed by atoms with van der Waals surface area (Å²) in [5.74, 6) is 0.501. The number of hydrogen-bond donors (Lipinski definition) is 0. The number of nitrogens with zero attached hydrogens (tertiary/aromatic N) is 4. The van der Waals surface area contributed by atoms with Gasteiger partial charge in [0, 0.05) is 37.3 Å². The van der Waals surface area contributed by atoms with Crippen LogP contribution in [0.15, 0.2) is 29.1 Å². The van der Waals surface area contributed by atoms with Crippen molar-refractivity contribution in [2.24, 2.45) is 17.8 Å². The number of ether oxygens (including phenoxy) is 1. The fourth-order valence-corrected chi connectivity index (χ4v) is 4.71. The van der Waals surface area contributed by atoms with Gasteiger partial charge in [-0.1, -0.05) is 19.9 Å². The zero-order chi connectivity index (χ0) is 22.8. The van der Waals surface area contributed by atoms with Crippen LogP contribution in [-0.2, 0) is 24.4 Å². The van der Waals surface area contributed by atoms with Gasteiger partial charge in [0.15, 0.2) is 0 Å². The van der Waals surface area contributed by atoms with Crippen LogP contribution in [0.25, 0.3) is 0 Å². The van der Waals surface area contributed by atoms with Crippen molar-refractivity contribution in [1.82, 2.24) is 14.5 Å². The Morgan fingerprint density at radius 3 is 2.84 bits per heavy atom. The quantitative estimate of drug-likeness (QED) is 0.732. The van der Waals surface area contributed by atoms with E-state index >= 15 is 0 Å². The van der Waals surface area contributed by atoms with Crippen LogP contribution in [0.3, 0.4) is 0 Å². The van der Waals surface area contributed by atoms with Crippen molar-refractivity contribution in [2.45, 2.75) is 46.3 Å². The molecule has 0 bridgehead atoms. The van der Waals surface area contributed by atoms with E-state index in [2.05, 4.69) is 4.98 Å². The highest BCUT2D eigenvalue weighted by Crippen LogP contribution is 2.32. The van der Waals surface area contributed by atoms with Crippen molar-refractivity contribution in [2.75, 3.05) is 13.1 Å². The smallest absolute Gasteiger partial charge is 0.351 e. The van der Waals surface area contributed by atoms with Gasteiger partial charge in [0.2, 0.25) is 11.8 Å². The van der Waals surface area contributed by atoms with E-state index < -0.39 is 5.82 Å². The summed E-state index contributed by atoms with van der Waals surface area (Å²) in [6.07, 6.45) is 2.66. The number of benzene rings is 1. The summed E-state index contributed by atoms with van der Waals surface area (Å²) in [6, 6.07) is 7.81. The predicted molar refractivity (Wildman–Crippen MR) is 115 cm³/mol. The molecular weight excluding hydrogens is 411 g/mol. The van der Waals surface area contributed by atoms with E-state index in [4.69, 9.17) is 10.00 Å². The van der Waals surface area contributed by atoms with Gasteiger partial charge in [0.05, 0.1) is 5.56 Å². The average Bonchev–Trinajstić information content (AvgIpc) is 2.97. The number of rotatable bonds is 4. The van der Waals surface area contributed by atoms with Crippen molar-refractivity contribution in [3.05, 3.63) is 57.4 Å². The van der Waals surface area contributed by atoms with Crippen LogP contribution in [0.1, 0.15) is 43.5 Å². The molecule has 1 aromatic heterocycles. The number of aromatic nitrogens is 2. The third-order valence-electron chi connectivity index (χ3n) is 6.50. The van der Waals surface area contributed by atoms with Gasteiger partial charge in [-0.05, 0) is 48.8 Å². The highest BCUT2D eigenvalue weighted by molar-refractivity contribution is 5.78. The molecule has 2 aliphatic rings. The summed E-state index contributed by atoms with van der Waals surface area (Å²) in [5, 5.41) is 8.98. The Bertz CT molecular complexity index is 1120. The monoisotopic (exact) mass is 438 g/mol. The summed E-state index contributed by atoms with van der Waals surface area (Å²) in [7, 11) is 0. The molecule has 32 heavy (non-hydrogen) atoms. The molecule has 1 amide bonds. The molecule has 1 aromatic carbocycles. The van der Waals surface area contributed by atoms with E-state index in [0.717, 1.165) is 31.5 Å². The number of fused-ring (bicyclic) bond motifs is 2. The second-order valence-electron chi connectivity index (χ2n) is 8.98. The molecule has 1 saturated heterocycles. The van der Waals surface area contributed by atoms with Gasteiger partial charge in [0.25, 0.3) is 0 Å². The third-order valence-corrected chi connectivity index (χ3v) is 6.50. The molecule has 0 N–H and O–H groups in total. The third kappa shape index (κ3) is 4.52. The Morgan fingerprint density at radius 1 is 1.28 bits per heavy atom. The topological polar surface area (TPSA) is 88.2 Å². The maximum absolute atomic E-state index is 13.5. The van der Waals surface area contributed by atoms with E-state index in [1.165, 1.54) is 12.1 Å². The average molecular weight is 439 g/mol. The molecule has 0 spiro atoms. The fourth-order valence-electron chi connectivity index (χ4n) is 4.71. The number of halogens is 1. The van der Waals surface area contributed by atoms with E-state index in [0.29, 0.717) is 24.6 Å². The predicted octanol–water partition coefficient (Wildman–Crippen LogP) is 2.90. The standard InChI is InChI=1S/C24H27FN4O3/c1-15(2)23(30)28-8-7-17-4-5-20-10-22(27-24(31)29(20)13-19(17)12-28)32-14-16-3-6-21(25)18(9-16)11-26/h3,6,9-10,15,17,19H,4-5,7-8,12-14H2,1-2H3. The van der Waals surface area contributed by atoms with Crippen LogP contribution in [0.4, 0.5) is 4.39 Å². The number of nitriles is 1. The second-order valence-corrected chi connectivity index (χ2v) is 8.98. The highest BCUT2D eigenvalue weighted by atomic mass is 19.1. The van der Waals surface area contributed by atoms with Gasteiger partial charge in [-0.25, -0.2) is 9.18 Å². The maximum Gasteiger partial charge on any atom is 0.351 e. The molecule has 7 nitrogen and oxygen atoms in total. The molecule has 168 valence electrons. The first kappa shape index (κ1) is 22.0. The Balaban J connectivity index is 1.49. The van der Waals surface area contributed by atoms with Gasteiger partial charge in [-0.2, -0.15) is 10.2 Å². The molecule has 0 saturated carbocycles. The van der Waals surface area contributed by atoms with Crippen molar-refractivity contribution in [1.29, 1.82) is 5.26 Å². The molecule has 2 aromatic rings. The summed E-state index contributed by atoms with van der Waals surface area (Å²) >= 11 is 0. The number of piperidine rings is 1. The lowest BCUT2D eigenvalue weighted by Gasteiger charge is -2.38.